The average molecular weight is 609 g/mol. The van der Waals surface area contributed by atoms with Crippen molar-refractivity contribution in [1.82, 2.24) is 24.4 Å². The molecule has 44 heavy (non-hydrogen) atoms. The third-order valence-corrected chi connectivity index (χ3v) is 9.64. The van der Waals surface area contributed by atoms with E-state index in [1.165, 1.54) is 12.0 Å². The maximum atomic E-state index is 14.4. The Morgan fingerprint density at radius 3 is 2.48 bits per heavy atom. The molecule has 2 aromatic carbocycles. The van der Waals surface area contributed by atoms with Gasteiger partial charge in [0.15, 0.2) is 11.5 Å². The van der Waals surface area contributed by atoms with Gasteiger partial charge >= 0.3 is 0 Å². The van der Waals surface area contributed by atoms with E-state index in [1.54, 1.807) is 16.3 Å². The number of aromatic amines is 1. The smallest absolute Gasteiger partial charge is 0.282 e. The molecule has 228 valence electrons. The first-order valence-corrected chi connectivity index (χ1v) is 19.0. The molecule has 3 heterocycles. The summed E-state index contributed by atoms with van der Waals surface area (Å²) in [5, 5.41) is 11.5. The van der Waals surface area contributed by atoms with Crippen molar-refractivity contribution in [2.45, 2.75) is 58.1 Å². The van der Waals surface area contributed by atoms with Crippen molar-refractivity contribution < 1.29 is 9.47 Å². The second-order valence-electron chi connectivity index (χ2n) is 12.4. The molecule has 0 amide bonds. The first-order chi connectivity index (χ1) is 21.3. The highest BCUT2D eigenvalue weighted by Crippen LogP contribution is 2.37. The van der Waals surface area contributed by atoms with E-state index >= 15 is 0 Å². The highest BCUT2D eigenvalue weighted by molar-refractivity contribution is 6.76. The quantitative estimate of drug-likeness (QED) is 0.119. The predicted octanol–water partition coefficient (Wildman–Crippen LogP) is 7.58. The van der Waals surface area contributed by atoms with Gasteiger partial charge in [0, 0.05) is 38.1 Å². The lowest BCUT2D eigenvalue weighted by atomic mass is 9.92. The van der Waals surface area contributed by atoms with Crippen LogP contribution in [-0.2, 0) is 11.5 Å². The van der Waals surface area contributed by atoms with Crippen LogP contribution in [0.25, 0.3) is 33.6 Å². The number of fused-ring (bicyclic) bond motifs is 1. The minimum absolute atomic E-state index is 0.198. The molecule has 0 radical (unpaired) electrons. The lowest BCUT2D eigenvalue weighted by Crippen LogP contribution is -2.22. The zero-order valence-electron chi connectivity index (χ0n) is 25.9. The summed E-state index contributed by atoms with van der Waals surface area (Å²) in [7, 11) is 0.453. The molecule has 0 bridgehead atoms. The van der Waals surface area contributed by atoms with Gasteiger partial charge in [0.2, 0.25) is 0 Å². The lowest BCUT2D eigenvalue weighted by Gasteiger charge is -2.15. The molecule has 3 aromatic heterocycles. The molecule has 1 aliphatic rings. The number of methoxy groups -OCH3 is 1. The Labute approximate surface area is 258 Å². The fourth-order valence-electron chi connectivity index (χ4n) is 5.52. The number of ether oxygens (including phenoxy) is 2. The summed E-state index contributed by atoms with van der Waals surface area (Å²) in [6, 6.07) is 20.6. The van der Waals surface area contributed by atoms with Crippen molar-refractivity contribution in [2.24, 2.45) is 0 Å². The molecule has 0 atom stereocenters. The third kappa shape index (κ3) is 6.41. The minimum Gasteiger partial charge on any atom is -0.497 e. The maximum Gasteiger partial charge on any atom is 0.282 e. The van der Waals surface area contributed by atoms with E-state index in [1.807, 2.05) is 54.7 Å². The standard InChI is InChI=1S/C34H40N6O3Si/c1-42-27-17-15-25(16-18-27)30-32(35-28-19-20-39(37-28)23-43-21-22-44(2,3)4)36-33-29(24-11-7-5-8-12-24)31(38-40(33)34(30)41)26-13-9-6-10-14-26/h6,9-11,13-20,38H,5,7-8,12,21-23H2,1-4H3,(H,35,37). The van der Waals surface area contributed by atoms with E-state index in [-0.39, 0.29) is 5.56 Å². The van der Waals surface area contributed by atoms with Gasteiger partial charge in [0.05, 0.1) is 18.4 Å². The van der Waals surface area contributed by atoms with Gasteiger partial charge in [-0.25, -0.2) is 9.67 Å². The van der Waals surface area contributed by atoms with Gasteiger partial charge < -0.3 is 14.8 Å². The Kier molecular flexibility index (Phi) is 8.54. The van der Waals surface area contributed by atoms with E-state index in [4.69, 9.17) is 14.5 Å². The van der Waals surface area contributed by atoms with Crippen LogP contribution >= 0.6 is 0 Å². The van der Waals surface area contributed by atoms with Crippen molar-refractivity contribution in [2.75, 3.05) is 19.0 Å². The van der Waals surface area contributed by atoms with Gasteiger partial charge in [-0.1, -0.05) is 68.2 Å². The number of rotatable bonds is 11. The van der Waals surface area contributed by atoms with E-state index < -0.39 is 8.07 Å². The van der Waals surface area contributed by atoms with Gasteiger partial charge in [-0.05, 0) is 55.0 Å². The summed E-state index contributed by atoms with van der Waals surface area (Å²) in [6.07, 6.45) is 8.38. The number of allylic oxidation sites excluding steroid dienone is 2. The fourth-order valence-corrected chi connectivity index (χ4v) is 6.28. The molecule has 6 rings (SSSR count). The average Bonchev–Trinajstić information content (AvgIpc) is 3.65. The van der Waals surface area contributed by atoms with Gasteiger partial charge in [-0.3, -0.25) is 9.89 Å². The van der Waals surface area contributed by atoms with Gasteiger partial charge in [0.25, 0.3) is 5.56 Å². The minimum atomic E-state index is -1.17. The van der Waals surface area contributed by atoms with Crippen LogP contribution in [0.15, 0.2) is 77.7 Å². The molecular formula is C34H40N6O3Si. The van der Waals surface area contributed by atoms with Crippen LogP contribution in [0.4, 0.5) is 11.6 Å². The summed E-state index contributed by atoms with van der Waals surface area (Å²) in [5.74, 6) is 1.74. The number of nitrogens with zero attached hydrogens (tertiary/aromatic N) is 4. The zero-order chi connectivity index (χ0) is 30.7. The predicted molar refractivity (Wildman–Crippen MR) is 179 cm³/mol. The van der Waals surface area contributed by atoms with Crippen LogP contribution in [0.3, 0.4) is 0 Å². The lowest BCUT2D eigenvalue weighted by molar-refractivity contribution is 0.0788. The number of hydrogen-bond acceptors (Lipinski definition) is 6. The Balaban J connectivity index is 1.46. The van der Waals surface area contributed by atoms with Crippen LogP contribution in [-0.4, -0.2) is 46.2 Å². The Morgan fingerprint density at radius 2 is 1.77 bits per heavy atom. The monoisotopic (exact) mass is 608 g/mol. The molecule has 0 saturated carbocycles. The van der Waals surface area contributed by atoms with E-state index in [9.17, 15) is 4.79 Å². The Hall–Kier alpha value is -4.41. The Morgan fingerprint density at radius 1 is 0.977 bits per heavy atom. The van der Waals surface area contributed by atoms with E-state index in [2.05, 4.69) is 53.4 Å². The molecule has 1 aliphatic carbocycles. The number of aromatic nitrogens is 5. The first kappa shape index (κ1) is 29.6. The van der Waals surface area contributed by atoms with Crippen LogP contribution in [0.5, 0.6) is 5.75 Å². The van der Waals surface area contributed by atoms with Crippen LogP contribution < -0.4 is 15.6 Å². The van der Waals surface area contributed by atoms with Gasteiger partial charge in [0.1, 0.15) is 18.3 Å². The third-order valence-electron chi connectivity index (χ3n) is 7.94. The summed E-state index contributed by atoms with van der Waals surface area (Å²) < 4.78 is 14.6. The SMILES string of the molecule is COc1ccc(-c2c(Nc3ccn(COCC[Si](C)(C)C)n3)nc3c(C4=CCCCC4)c(-c4ccccc4)[nH]n3c2=O)cc1. The number of benzene rings is 2. The molecule has 5 aromatic rings. The first-order valence-electron chi connectivity index (χ1n) is 15.3. The molecule has 0 unspecified atom stereocenters. The molecule has 0 fully saturated rings. The van der Waals surface area contributed by atoms with E-state index in [0.29, 0.717) is 41.9 Å². The number of anilines is 2. The van der Waals surface area contributed by atoms with Crippen molar-refractivity contribution in [3.05, 3.63) is 88.9 Å². The van der Waals surface area contributed by atoms with Gasteiger partial charge in [-0.15, -0.1) is 0 Å². The normalized spacial score (nSPS) is 13.7. The largest absolute Gasteiger partial charge is 0.497 e. The van der Waals surface area contributed by atoms with Crippen LogP contribution in [0.1, 0.15) is 31.2 Å². The molecule has 0 aliphatic heterocycles. The van der Waals surface area contributed by atoms with Crippen molar-refractivity contribution in [1.29, 1.82) is 0 Å². The summed E-state index contributed by atoms with van der Waals surface area (Å²) in [6.45, 7) is 8.09. The van der Waals surface area contributed by atoms with Crippen LogP contribution in [0.2, 0.25) is 25.7 Å². The molecule has 0 spiro atoms. The second kappa shape index (κ2) is 12.7. The van der Waals surface area contributed by atoms with E-state index in [0.717, 1.165) is 47.7 Å². The highest BCUT2D eigenvalue weighted by atomic mass is 28.3. The number of H-pyrrole nitrogens is 1. The number of hydrogen-bond donors (Lipinski definition) is 2. The maximum absolute atomic E-state index is 14.4. The molecule has 0 saturated heterocycles. The van der Waals surface area contributed by atoms with Crippen LogP contribution in [0, 0.1) is 0 Å². The highest BCUT2D eigenvalue weighted by Gasteiger charge is 2.25. The van der Waals surface area contributed by atoms with Crippen molar-refractivity contribution in [3.63, 3.8) is 0 Å². The molecule has 2 N–H and O–H groups in total. The second-order valence-corrected chi connectivity index (χ2v) is 18.1. The van der Waals surface area contributed by atoms with Crippen molar-refractivity contribution >= 4 is 30.9 Å². The fraction of sp³-hybridized carbons (Fsp3) is 0.324. The van der Waals surface area contributed by atoms with Gasteiger partial charge in [-0.2, -0.15) is 9.61 Å². The summed E-state index contributed by atoms with van der Waals surface area (Å²) >= 11 is 0. The molecule has 9 nitrogen and oxygen atoms in total. The summed E-state index contributed by atoms with van der Waals surface area (Å²) in [4.78, 5) is 19.5. The Bertz CT molecular complexity index is 1830. The molecule has 10 heteroatoms. The topological polar surface area (TPSA) is 98.5 Å². The van der Waals surface area contributed by atoms with Crippen molar-refractivity contribution in [3.8, 4) is 28.1 Å². The zero-order valence-corrected chi connectivity index (χ0v) is 26.9. The number of nitrogens with one attached hydrogen (secondary N) is 2. The molecular weight excluding hydrogens is 568 g/mol. The summed E-state index contributed by atoms with van der Waals surface area (Å²) in [5.41, 5.74) is 5.64.